The predicted octanol–water partition coefficient (Wildman–Crippen LogP) is 4.01. The van der Waals surface area contributed by atoms with Gasteiger partial charge in [-0.1, -0.05) is 33.6 Å². The molecule has 2 fully saturated rings. The van der Waals surface area contributed by atoms with Crippen LogP contribution in [0.25, 0.3) is 0 Å². The summed E-state index contributed by atoms with van der Waals surface area (Å²) in [6.07, 6.45) is 8.14. The lowest BCUT2D eigenvalue weighted by Crippen LogP contribution is -2.53. The Morgan fingerprint density at radius 2 is 1.81 bits per heavy atom. The van der Waals surface area contributed by atoms with Crippen LogP contribution in [0.1, 0.15) is 72.6 Å². The molecule has 1 saturated heterocycles. The fraction of sp³-hybridized carbons (Fsp3) is 0.944. The van der Waals surface area contributed by atoms with Gasteiger partial charge in [-0.15, -0.1) is 0 Å². The quantitative estimate of drug-likeness (QED) is 0.734. The van der Waals surface area contributed by atoms with Crippen molar-refractivity contribution in [2.24, 2.45) is 11.3 Å². The molecule has 0 spiro atoms. The average molecular weight is 295 g/mol. The zero-order chi connectivity index (χ0) is 15.5. The summed E-state index contributed by atoms with van der Waals surface area (Å²) >= 11 is 0. The number of carbonyl (C=O) groups is 1. The molecule has 2 aliphatic rings. The van der Waals surface area contributed by atoms with Gasteiger partial charge in [0, 0.05) is 5.54 Å². The molecular formula is C18H33NO2. The molecule has 0 amide bonds. The lowest BCUT2D eigenvalue weighted by molar-refractivity contribution is -0.147. The van der Waals surface area contributed by atoms with Crippen LogP contribution in [0.3, 0.4) is 0 Å². The van der Waals surface area contributed by atoms with E-state index in [1.807, 2.05) is 6.92 Å². The number of nitrogens with zero attached hydrogens (tertiary/aromatic N) is 1. The highest BCUT2D eigenvalue weighted by atomic mass is 16.5. The van der Waals surface area contributed by atoms with Crippen molar-refractivity contribution in [2.45, 2.75) is 78.2 Å². The summed E-state index contributed by atoms with van der Waals surface area (Å²) in [5, 5.41) is 0. The van der Waals surface area contributed by atoms with Crippen LogP contribution in [0, 0.1) is 11.3 Å². The number of carbonyl (C=O) groups excluding carboxylic acids is 1. The highest BCUT2D eigenvalue weighted by Gasteiger charge is 2.52. The number of likely N-dealkylation sites (tertiary alicyclic amines) is 1. The van der Waals surface area contributed by atoms with Crippen molar-refractivity contribution in [3.63, 3.8) is 0 Å². The molecule has 2 unspecified atom stereocenters. The van der Waals surface area contributed by atoms with Crippen molar-refractivity contribution in [1.82, 2.24) is 4.90 Å². The molecule has 0 radical (unpaired) electrons. The van der Waals surface area contributed by atoms with Gasteiger partial charge < -0.3 is 4.74 Å². The second kappa shape index (κ2) is 6.68. The summed E-state index contributed by atoms with van der Waals surface area (Å²) in [6, 6.07) is 0. The molecule has 2 atom stereocenters. The number of hydrogen-bond acceptors (Lipinski definition) is 3. The Bertz CT molecular complexity index is 358. The van der Waals surface area contributed by atoms with Gasteiger partial charge in [0.15, 0.2) is 0 Å². The molecule has 0 aromatic carbocycles. The van der Waals surface area contributed by atoms with Gasteiger partial charge in [-0.3, -0.25) is 9.69 Å². The largest absolute Gasteiger partial charge is 0.466 e. The van der Waals surface area contributed by atoms with Crippen LogP contribution in [0.15, 0.2) is 0 Å². The van der Waals surface area contributed by atoms with Gasteiger partial charge in [-0.25, -0.2) is 0 Å². The van der Waals surface area contributed by atoms with Crippen LogP contribution < -0.4 is 0 Å². The second-order valence-corrected chi connectivity index (χ2v) is 7.93. The lowest BCUT2D eigenvalue weighted by atomic mass is 9.81. The normalized spacial score (nSPS) is 33.6. The Labute approximate surface area is 130 Å². The maximum absolute atomic E-state index is 12.2. The minimum atomic E-state index is -0.00806. The summed E-state index contributed by atoms with van der Waals surface area (Å²) in [4.78, 5) is 14.9. The minimum Gasteiger partial charge on any atom is -0.466 e. The van der Waals surface area contributed by atoms with Gasteiger partial charge in [0.05, 0.1) is 13.0 Å². The first-order valence-corrected chi connectivity index (χ1v) is 8.80. The van der Waals surface area contributed by atoms with Crippen molar-refractivity contribution in [2.75, 3.05) is 19.7 Å². The zero-order valence-corrected chi connectivity index (χ0v) is 14.4. The van der Waals surface area contributed by atoms with E-state index in [1.54, 1.807) is 0 Å². The predicted molar refractivity (Wildman–Crippen MR) is 86.2 cm³/mol. The third-order valence-corrected chi connectivity index (χ3v) is 5.55. The molecular weight excluding hydrogens is 262 g/mol. The molecule has 1 aliphatic carbocycles. The van der Waals surface area contributed by atoms with Crippen LogP contribution in [-0.2, 0) is 9.53 Å². The molecule has 0 bridgehead atoms. The van der Waals surface area contributed by atoms with E-state index >= 15 is 0 Å². The number of esters is 1. The third kappa shape index (κ3) is 3.80. The Hall–Kier alpha value is -0.570. The van der Waals surface area contributed by atoms with E-state index in [4.69, 9.17) is 4.74 Å². The summed E-state index contributed by atoms with van der Waals surface area (Å²) in [5.41, 5.74) is 0.359. The van der Waals surface area contributed by atoms with E-state index in [9.17, 15) is 4.79 Å². The molecule has 3 nitrogen and oxygen atoms in total. The maximum atomic E-state index is 12.2. The molecule has 0 N–H and O–H groups in total. The second-order valence-electron chi connectivity index (χ2n) is 7.93. The van der Waals surface area contributed by atoms with E-state index in [0.717, 1.165) is 19.5 Å². The Morgan fingerprint density at radius 1 is 1.19 bits per heavy atom. The molecule has 1 saturated carbocycles. The monoisotopic (exact) mass is 295 g/mol. The van der Waals surface area contributed by atoms with Gasteiger partial charge in [-0.05, 0) is 57.0 Å². The van der Waals surface area contributed by atoms with E-state index in [1.165, 1.54) is 32.1 Å². The molecule has 0 aromatic rings. The summed E-state index contributed by atoms with van der Waals surface area (Å²) < 4.78 is 5.30. The van der Waals surface area contributed by atoms with Crippen molar-refractivity contribution in [3.05, 3.63) is 0 Å². The van der Waals surface area contributed by atoms with E-state index < -0.39 is 0 Å². The molecule has 21 heavy (non-hydrogen) atoms. The fourth-order valence-corrected chi connectivity index (χ4v) is 4.84. The van der Waals surface area contributed by atoms with Crippen LogP contribution in [0.4, 0.5) is 0 Å². The van der Waals surface area contributed by atoms with Gasteiger partial charge >= 0.3 is 5.97 Å². The number of rotatable bonds is 4. The topological polar surface area (TPSA) is 29.5 Å². The van der Waals surface area contributed by atoms with E-state index in [0.29, 0.717) is 24.4 Å². The van der Waals surface area contributed by atoms with Crippen LogP contribution in [0.5, 0.6) is 0 Å². The van der Waals surface area contributed by atoms with Gasteiger partial charge in [0.2, 0.25) is 0 Å². The standard InChI is InChI=1S/C18H33NO2/c1-5-21-16(20)13-18(14-17(3,4)12-15(18)2)19-10-8-6-7-9-11-19/h15H,5-14H2,1-4H3. The molecule has 3 heteroatoms. The summed E-state index contributed by atoms with van der Waals surface area (Å²) in [6.45, 7) is 11.8. The number of hydrogen-bond donors (Lipinski definition) is 0. The molecule has 1 heterocycles. The smallest absolute Gasteiger partial charge is 0.307 e. The SMILES string of the molecule is CCOC(=O)CC1(N2CCCCCC2)CC(C)(C)CC1C. The van der Waals surface area contributed by atoms with Crippen LogP contribution >= 0.6 is 0 Å². The first-order chi connectivity index (χ1) is 9.89. The average Bonchev–Trinajstić information content (AvgIpc) is 2.60. The molecule has 122 valence electrons. The first kappa shape index (κ1) is 16.8. The van der Waals surface area contributed by atoms with E-state index in [-0.39, 0.29) is 11.5 Å². The Balaban J connectivity index is 2.22. The zero-order valence-electron chi connectivity index (χ0n) is 14.4. The number of ether oxygens (including phenoxy) is 1. The van der Waals surface area contributed by atoms with Crippen molar-refractivity contribution in [1.29, 1.82) is 0 Å². The van der Waals surface area contributed by atoms with Crippen molar-refractivity contribution >= 4 is 5.97 Å². The highest BCUT2D eigenvalue weighted by Crippen LogP contribution is 2.52. The van der Waals surface area contributed by atoms with Crippen LogP contribution in [0.2, 0.25) is 0 Å². The third-order valence-electron chi connectivity index (χ3n) is 5.55. The molecule has 0 aromatic heterocycles. The summed E-state index contributed by atoms with van der Waals surface area (Å²) in [5.74, 6) is 0.557. The van der Waals surface area contributed by atoms with Gasteiger partial charge in [0.25, 0.3) is 0 Å². The fourth-order valence-electron chi connectivity index (χ4n) is 4.84. The van der Waals surface area contributed by atoms with Gasteiger partial charge in [0.1, 0.15) is 0 Å². The van der Waals surface area contributed by atoms with Crippen molar-refractivity contribution < 1.29 is 9.53 Å². The lowest BCUT2D eigenvalue weighted by Gasteiger charge is -2.44. The van der Waals surface area contributed by atoms with E-state index in [2.05, 4.69) is 25.7 Å². The van der Waals surface area contributed by atoms with Crippen LogP contribution in [-0.4, -0.2) is 36.1 Å². The molecule has 1 aliphatic heterocycles. The Morgan fingerprint density at radius 3 is 2.29 bits per heavy atom. The van der Waals surface area contributed by atoms with Gasteiger partial charge in [-0.2, -0.15) is 0 Å². The highest BCUT2D eigenvalue weighted by molar-refractivity contribution is 5.71. The van der Waals surface area contributed by atoms with Crippen molar-refractivity contribution in [3.8, 4) is 0 Å². The Kier molecular flexibility index (Phi) is 5.34. The maximum Gasteiger partial charge on any atom is 0.307 e. The first-order valence-electron chi connectivity index (χ1n) is 8.80. The molecule has 2 rings (SSSR count). The minimum absolute atomic E-state index is 0.00806. The summed E-state index contributed by atoms with van der Waals surface area (Å²) in [7, 11) is 0.